The number of rotatable bonds is 5. The summed E-state index contributed by atoms with van der Waals surface area (Å²) in [6.07, 6.45) is 1.48. The summed E-state index contributed by atoms with van der Waals surface area (Å²) >= 11 is 0. The van der Waals surface area contributed by atoms with Crippen molar-refractivity contribution in [3.05, 3.63) is 54.0 Å². The monoisotopic (exact) mass is 290 g/mol. The molecule has 2 rings (SSSR count). The lowest BCUT2D eigenvalue weighted by Crippen LogP contribution is -2.23. The van der Waals surface area contributed by atoms with Gasteiger partial charge in [0.25, 0.3) is 0 Å². The number of halogens is 1. The summed E-state index contributed by atoms with van der Waals surface area (Å²) in [4.78, 5) is 16.0. The molecule has 0 fully saturated rings. The minimum absolute atomic E-state index is 0.212. The Morgan fingerprint density at radius 3 is 2.57 bits per heavy atom. The van der Waals surface area contributed by atoms with Crippen LogP contribution in [0.15, 0.2) is 42.6 Å². The number of nitrogens with zero attached hydrogens (tertiary/aromatic N) is 1. The van der Waals surface area contributed by atoms with Crippen molar-refractivity contribution in [1.82, 2.24) is 4.98 Å². The summed E-state index contributed by atoms with van der Waals surface area (Å²) in [7, 11) is 2.77. The van der Waals surface area contributed by atoms with Gasteiger partial charge >= 0.3 is 5.97 Å². The van der Waals surface area contributed by atoms with Crippen molar-refractivity contribution >= 4 is 11.7 Å². The molecule has 0 aliphatic rings. The smallest absolute Gasteiger partial charge is 0.333 e. The second kappa shape index (κ2) is 6.69. The molecule has 0 bridgehead atoms. The van der Waals surface area contributed by atoms with Crippen LogP contribution in [0.1, 0.15) is 11.6 Å². The zero-order chi connectivity index (χ0) is 15.2. The first kappa shape index (κ1) is 14.8. The molecule has 1 aromatic carbocycles. The van der Waals surface area contributed by atoms with Crippen LogP contribution in [0.5, 0.6) is 5.88 Å². The number of ether oxygens (including phenoxy) is 2. The van der Waals surface area contributed by atoms with Crippen molar-refractivity contribution in [3.8, 4) is 5.88 Å². The highest BCUT2D eigenvalue weighted by Crippen LogP contribution is 2.23. The average Bonchev–Trinajstić information content (AvgIpc) is 2.53. The fraction of sp³-hybridized carbons (Fsp3) is 0.200. The van der Waals surface area contributed by atoms with Crippen LogP contribution in [0.4, 0.5) is 10.1 Å². The number of nitrogens with one attached hydrogen (secondary N) is 1. The SMILES string of the molecule is COC(=O)C(Nc1ccccc1F)c1ccc(OC)nc1. The third kappa shape index (κ3) is 3.47. The van der Waals surface area contributed by atoms with Crippen LogP contribution in [0.3, 0.4) is 0 Å². The standard InChI is InChI=1S/C15H15FN2O3/c1-20-13-8-7-10(9-17-13)14(15(19)21-2)18-12-6-4-3-5-11(12)16/h3-9,14,18H,1-2H3. The zero-order valence-corrected chi connectivity index (χ0v) is 11.7. The zero-order valence-electron chi connectivity index (χ0n) is 11.7. The third-order valence-corrected chi connectivity index (χ3v) is 2.91. The highest BCUT2D eigenvalue weighted by Gasteiger charge is 2.22. The fourth-order valence-electron chi connectivity index (χ4n) is 1.81. The summed E-state index contributed by atoms with van der Waals surface area (Å²) in [5.41, 5.74) is 0.759. The molecule has 6 heteroatoms. The molecule has 0 saturated heterocycles. The Kier molecular flexibility index (Phi) is 4.71. The van der Waals surface area contributed by atoms with Gasteiger partial charge in [-0.05, 0) is 18.2 Å². The number of para-hydroxylation sites is 1. The first-order valence-electron chi connectivity index (χ1n) is 6.24. The van der Waals surface area contributed by atoms with E-state index < -0.39 is 17.8 Å². The predicted molar refractivity (Wildman–Crippen MR) is 75.6 cm³/mol. The van der Waals surface area contributed by atoms with Crippen LogP contribution in [-0.4, -0.2) is 25.2 Å². The predicted octanol–water partition coefficient (Wildman–Crippen LogP) is 2.56. The second-order valence-electron chi connectivity index (χ2n) is 4.21. The van der Waals surface area contributed by atoms with E-state index in [-0.39, 0.29) is 5.69 Å². The van der Waals surface area contributed by atoms with Crippen LogP contribution in [-0.2, 0) is 9.53 Å². The molecule has 0 aliphatic carbocycles. The van der Waals surface area contributed by atoms with Crippen molar-refractivity contribution in [2.24, 2.45) is 0 Å². The molecule has 110 valence electrons. The summed E-state index contributed by atoms with van der Waals surface area (Å²) < 4.78 is 23.4. The molecule has 0 aliphatic heterocycles. The van der Waals surface area contributed by atoms with Crippen LogP contribution in [0, 0.1) is 5.82 Å². The Morgan fingerprint density at radius 2 is 2.00 bits per heavy atom. The third-order valence-electron chi connectivity index (χ3n) is 2.91. The van der Waals surface area contributed by atoms with Gasteiger partial charge in [0.05, 0.1) is 19.9 Å². The Hall–Kier alpha value is -2.63. The lowest BCUT2D eigenvalue weighted by atomic mass is 10.1. The van der Waals surface area contributed by atoms with E-state index in [1.54, 1.807) is 30.3 Å². The molecule has 1 heterocycles. The van der Waals surface area contributed by atoms with Gasteiger partial charge in [-0.15, -0.1) is 0 Å². The number of hydrogen-bond donors (Lipinski definition) is 1. The molecule has 1 atom stereocenters. The number of pyridine rings is 1. The highest BCUT2D eigenvalue weighted by atomic mass is 19.1. The number of hydrogen-bond acceptors (Lipinski definition) is 5. The van der Waals surface area contributed by atoms with E-state index in [4.69, 9.17) is 9.47 Å². The molecular formula is C15H15FN2O3. The van der Waals surface area contributed by atoms with E-state index >= 15 is 0 Å². The number of anilines is 1. The van der Waals surface area contributed by atoms with Crippen LogP contribution >= 0.6 is 0 Å². The summed E-state index contributed by atoms with van der Waals surface area (Å²) in [5, 5.41) is 2.82. The molecule has 2 aromatic rings. The van der Waals surface area contributed by atoms with E-state index in [1.807, 2.05) is 0 Å². The van der Waals surface area contributed by atoms with Crippen LogP contribution in [0.2, 0.25) is 0 Å². The number of aromatic nitrogens is 1. The van der Waals surface area contributed by atoms with Gasteiger partial charge < -0.3 is 14.8 Å². The van der Waals surface area contributed by atoms with Crippen molar-refractivity contribution in [2.75, 3.05) is 19.5 Å². The highest BCUT2D eigenvalue weighted by molar-refractivity contribution is 5.81. The Morgan fingerprint density at radius 1 is 1.24 bits per heavy atom. The fourth-order valence-corrected chi connectivity index (χ4v) is 1.81. The average molecular weight is 290 g/mol. The maximum absolute atomic E-state index is 13.7. The molecule has 0 amide bonds. The van der Waals surface area contributed by atoms with Gasteiger partial charge in [-0.2, -0.15) is 0 Å². The Balaban J connectivity index is 2.30. The lowest BCUT2D eigenvalue weighted by Gasteiger charge is -2.18. The molecule has 1 unspecified atom stereocenters. The van der Waals surface area contributed by atoms with Gasteiger partial charge in [0.15, 0.2) is 6.04 Å². The minimum atomic E-state index is -0.856. The molecule has 0 saturated carbocycles. The molecule has 0 radical (unpaired) electrons. The molecule has 1 N–H and O–H groups in total. The second-order valence-corrected chi connectivity index (χ2v) is 4.21. The first-order chi connectivity index (χ1) is 10.2. The van der Waals surface area contributed by atoms with E-state index in [9.17, 15) is 9.18 Å². The summed E-state index contributed by atoms with van der Waals surface area (Å²) in [6.45, 7) is 0. The Labute approximate surface area is 121 Å². The number of carbonyl (C=O) groups excluding carboxylic acids is 1. The van der Waals surface area contributed by atoms with E-state index in [1.165, 1.54) is 26.5 Å². The van der Waals surface area contributed by atoms with Crippen molar-refractivity contribution in [3.63, 3.8) is 0 Å². The molecular weight excluding hydrogens is 275 g/mol. The Bertz CT molecular complexity index is 617. The minimum Gasteiger partial charge on any atom is -0.481 e. The normalized spacial score (nSPS) is 11.6. The largest absolute Gasteiger partial charge is 0.481 e. The number of carbonyl (C=O) groups is 1. The maximum atomic E-state index is 13.7. The van der Waals surface area contributed by atoms with E-state index in [0.717, 1.165) is 0 Å². The maximum Gasteiger partial charge on any atom is 0.333 e. The van der Waals surface area contributed by atoms with Gasteiger partial charge in [0, 0.05) is 17.8 Å². The van der Waals surface area contributed by atoms with Crippen molar-refractivity contribution in [2.45, 2.75) is 6.04 Å². The number of methoxy groups -OCH3 is 2. The quantitative estimate of drug-likeness (QED) is 0.858. The summed E-state index contributed by atoms with van der Waals surface area (Å²) in [5.74, 6) is -0.564. The topological polar surface area (TPSA) is 60.5 Å². The summed E-state index contributed by atoms with van der Waals surface area (Å²) in [6, 6.07) is 8.53. The van der Waals surface area contributed by atoms with E-state index in [2.05, 4.69) is 10.3 Å². The molecule has 21 heavy (non-hydrogen) atoms. The number of esters is 1. The molecule has 1 aromatic heterocycles. The lowest BCUT2D eigenvalue weighted by molar-refractivity contribution is -0.141. The van der Waals surface area contributed by atoms with E-state index in [0.29, 0.717) is 11.4 Å². The van der Waals surface area contributed by atoms with Gasteiger partial charge in [-0.1, -0.05) is 12.1 Å². The van der Waals surface area contributed by atoms with Gasteiger partial charge in [0.1, 0.15) is 5.82 Å². The van der Waals surface area contributed by atoms with Gasteiger partial charge in [-0.3, -0.25) is 0 Å². The van der Waals surface area contributed by atoms with Crippen LogP contribution in [0.25, 0.3) is 0 Å². The van der Waals surface area contributed by atoms with Crippen LogP contribution < -0.4 is 10.1 Å². The van der Waals surface area contributed by atoms with Crippen molar-refractivity contribution in [1.29, 1.82) is 0 Å². The number of benzene rings is 1. The van der Waals surface area contributed by atoms with Gasteiger partial charge in [0.2, 0.25) is 5.88 Å². The van der Waals surface area contributed by atoms with Gasteiger partial charge in [-0.25, -0.2) is 14.2 Å². The van der Waals surface area contributed by atoms with Crippen molar-refractivity contribution < 1.29 is 18.7 Å². The molecule has 0 spiro atoms. The molecule has 5 nitrogen and oxygen atoms in total. The first-order valence-corrected chi connectivity index (χ1v) is 6.24.